The average Bonchev–Trinajstić information content (AvgIpc) is 2.38. The minimum Gasteiger partial charge on any atom is -0.466 e. The van der Waals surface area contributed by atoms with Gasteiger partial charge in [-0.25, -0.2) is 4.79 Å². The SMILES string of the molecule is CCOC(=O)C1CC2C=CC1N(C(=O)OC)C2. The van der Waals surface area contributed by atoms with Gasteiger partial charge >= 0.3 is 12.1 Å². The second kappa shape index (κ2) is 4.77. The van der Waals surface area contributed by atoms with Crippen molar-refractivity contribution in [2.24, 2.45) is 11.8 Å². The van der Waals surface area contributed by atoms with Crippen LogP contribution in [-0.2, 0) is 14.3 Å². The van der Waals surface area contributed by atoms with Crippen molar-refractivity contribution in [3.8, 4) is 0 Å². The summed E-state index contributed by atoms with van der Waals surface area (Å²) >= 11 is 0. The highest BCUT2D eigenvalue weighted by atomic mass is 16.5. The van der Waals surface area contributed by atoms with Gasteiger partial charge in [-0.1, -0.05) is 12.2 Å². The molecule has 0 aromatic heterocycles. The summed E-state index contributed by atoms with van der Waals surface area (Å²) in [4.78, 5) is 25.0. The summed E-state index contributed by atoms with van der Waals surface area (Å²) in [5, 5.41) is 0. The number of hydrogen-bond donors (Lipinski definition) is 0. The third-order valence-corrected chi connectivity index (χ3v) is 3.34. The fourth-order valence-electron chi connectivity index (χ4n) is 2.58. The highest BCUT2D eigenvalue weighted by Gasteiger charge is 2.44. The third-order valence-electron chi connectivity index (χ3n) is 3.34. The molecule has 94 valence electrons. The Labute approximate surface area is 100 Å². The molecule has 0 aromatic rings. The molecule has 3 rings (SSSR count). The lowest BCUT2D eigenvalue weighted by Crippen LogP contribution is -2.55. The highest BCUT2D eigenvalue weighted by molar-refractivity contribution is 5.77. The van der Waals surface area contributed by atoms with Crippen molar-refractivity contribution >= 4 is 12.1 Å². The molecule has 0 spiro atoms. The van der Waals surface area contributed by atoms with Gasteiger partial charge in [0.25, 0.3) is 0 Å². The molecule has 1 saturated heterocycles. The monoisotopic (exact) mass is 239 g/mol. The molecule has 3 aliphatic rings. The van der Waals surface area contributed by atoms with Crippen LogP contribution >= 0.6 is 0 Å². The lowest BCUT2D eigenvalue weighted by atomic mass is 9.78. The maximum absolute atomic E-state index is 11.8. The number of amides is 1. The minimum atomic E-state index is -0.377. The van der Waals surface area contributed by atoms with E-state index in [-0.39, 0.29) is 29.9 Å². The normalized spacial score (nSPS) is 30.2. The Balaban J connectivity index is 2.14. The number of fused-ring (bicyclic) bond motifs is 2. The average molecular weight is 239 g/mol. The van der Waals surface area contributed by atoms with E-state index in [1.165, 1.54) is 7.11 Å². The molecule has 17 heavy (non-hydrogen) atoms. The van der Waals surface area contributed by atoms with E-state index in [0.717, 1.165) is 6.42 Å². The van der Waals surface area contributed by atoms with Crippen molar-refractivity contribution < 1.29 is 19.1 Å². The number of nitrogens with zero attached hydrogens (tertiary/aromatic N) is 1. The van der Waals surface area contributed by atoms with Crippen LogP contribution in [-0.4, -0.2) is 43.3 Å². The number of ether oxygens (including phenoxy) is 2. The van der Waals surface area contributed by atoms with Crippen LogP contribution in [0.5, 0.6) is 0 Å². The molecule has 1 amide bonds. The van der Waals surface area contributed by atoms with Crippen LogP contribution in [0.3, 0.4) is 0 Å². The van der Waals surface area contributed by atoms with Gasteiger partial charge in [-0.05, 0) is 19.3 Å². The van der Waals surface area contributed by atoms with Gasteiger partial charge in [0.2, 0.25) is 0 Å². The summed E-state index contributed by atoms with van der Waals surface area (Å²) in [7, 11) is 1.35. The highest BCUT2D eigenvalue weighted by Crippen LogP contribution is 2.35. The molecule has 2 aliphatic heterocycles. The predicted octanol–water partition coefficient (Wildman–Crippen LogP) is 1.19. The summed E-state index contributed by atoms with van der Waals surface area (Å²) in [5.41, 5.74) is 0. The van der Waals surface area contributed by atoms with Crippen LogP contribution in [0.1, 0.15) is 13.3 Å². The van der Waals surface area contributed by atoms with Crippen molar-refractivity contribution in [3.63, 3.8) is 0 Å². The number of carbonyl (C=O) groups is 2. The van der Waals surface area contributed by atoms with Gasteiger partial charge in [0, 0.05) is 6.54 Å². The first-order chi connectivity index (χ1) is 8.17. The van der Waals surface area contributed by atoms with E-state index in [1.807, 2.05) is 6.08 Å². The Morgan fingerprint density at radius 1 is 1.41 bits per heavy atom. The van der Waals surface area contributed by atoms with Gasteiger partial charge in [0.1, 0.15) is 0 Å². The first-order valence-electron chi connectivity index (χ1n) is 5.87. The Kier molecular flexibility index (Phi) is 3.36. The number of piperidine rings is 1. The maximum atomic E-state index is 11.8. The molecule has 3 unspecified atom stereocenters. The number of esters is 1. The van der Waals surface area contributed by atoms with Crippen LogP contribution < -0.4 is 0 Å². The summed E-state index contributed by atoms with van der Waals surface area (Å²) in [6.45, 7) is 2.78. The topological polar surface area (TPSA) is 55.8 Å². The fraction of sp³-hybridized carbons (Fsp3) is 0.667. The van der Waals surface area contributed by atoms with Gasteiger partial charge in [-0.15, -0.1) is 0 Å². The largest absolute Gasteiger partial charge is 0.466 e. The Bertz CT molecular complexity index is 352. The molecule has 1 aliphatic carbocycles. The van der Waals surface area contributed by atoms with Crippen molar-refractivity contribution in [1.29, 1.82) is 0 Å². The van der Waals surface area contributed by atoms with Crippen LogP contribution in [0.15, 0.2) is 12.2 Å². The summed E-state index contributed by atoms with van der Waals surface area (Å²) in [5.74, 6) is -0.244. The molecule has 3 atom stereocenters. The second-order valence-corrected chi connectivity index (χ2v) is 4.35. The van der Waals surface area contributed by atoms with Gasteiger partial charge < -0.3 is 14.4 Å². The Hall–Kier alpha value is -1.52. The molecule has 0 saturated carbocycles. The van der Waals surface area contributed by atoms with E-state index < -0.39 is 0 Å². The Morgan fingerprint density at radius 3 is 2.76 bits per heavy atom. The lowest BCUT2D eigenvalue weighted by molar-refractivity contribution is -0.152. The smallest absolute Gasteiger partial charge is 0.410 e. The molecule has 2 heterocycles. The van der Waals surface area contributed by atoms with E-state index in [1.54, 1.807) is 11.8 Å². The van der Waals surface area contributed by atoms with E-state index in [9.17, 15) is 9.59 Å². The summed E-state index contributed by atoms with van der Waals surface area (Å²) < 4.78 is 9.78. The first-order valence-corrected chi connectivity index (χ1v) is 5.87. The van der Waals surface area contributed by atoms with Crippen molar-refractivity contribution in [1.82, 2.24) is 4.90 Å². The van der Waals surface area contributed by atoms with E-state index >= 15 is 0 Å². The molecule has 5 nitrogen and oxygen atoms in total. The van der Waals surface area contributed by atoms with Crippen LogP contribution in [0.4, 0.5) is 4.79 Å². The van der Waals surface area contributed by atoms with Crippen LogP contribution in [0.25, 0.3) is 0 Å². The van der Waals surface area contributed by atoms with Crippen LogP contribution in [0, 0.1) is 11.8 Å². The second-order valence-electron chi connectivity index (χ2n) is 4.35. The van der Waals surface area contributed by atoms with E-state index in [4.69, 9.17) is 9.47 Å². The number of hydrogen-bond acceptors (Lipinski definition) is 4. The van der Waals surface area contributed by atoms with Gasteiger partial charge in [0.05, 0.1) is 25.7 Å². The Morgan fingerprint density at radius 2 is 2.18 bits per heavy atom. The van der Waals surface area contributed by atoms with Crippen LogP contribution in [0.2, 0.25) is 0 Å². The van der Waals surface area contributed by atoms with Crippen molar-refractivity contribution in [3.05, 3.63) is 12.2 Å². The number of rotatable bonds is 2. The molecule has 5 heteroatoms. The zero-order chi connectivity index (χ0) is 12.4. The lowest BCUT2D eigenvalue weighted by Gasteiger charge is -2.44. The molecular formula is C12H17NO4. The minimum absolute atomic E-state index is 0.216. The molecule has 2 bridgehead atoms. The van der Waals surface area contributed by atoms with Gasteiger partial charge in [-0.3, -0.25) is 4.79 Å². The first kappa shape index (κ1) is 12.0. The van der Waals surface area contributed by atoms with Crippen molar-refractivity contribution in [2.45, 2.75) is 19.4 Å². The fourth-order valence-corrected chi connectivity index (χ4v) is 2.58. The molecule has 0 N–H and O–H groups in total. The summed E-state index contributed by atoms with van der Waals surface area (Å²) in [6, 6.07) is -0.216. The molecule has 0 radical (unpaired) electrons. The van der Waals surface area contributed by atoms with Gasteiger partial charge in [0.15, 0.2) is 0 Å². The zero-order valence-electron chi connectivity index (χ0n) is 10.1. The zero-order valence-corrected chi connectivity index (χ0v) is 10.1. The molecule has 1 fully saturated rings. The number of carbonyl (C=O) groups excluding carboxylic acids is 2. The van der Waals surface area contributed by atoms with E-state index in [0.29, 0.717) is 13.2 Å². The summed E-state index contributed by atoms with van der Waals surface area (Å²) in [6.07, 6.45) is 4.36. The predicted molar refractivity (Wildman–Crippen MR) is 60.3 cm³/mol. The van der Waals surface area contributed by atoms with E-state index in [2.05, 4.69) is 6.08 Å². The number of methoxy groups -OCH3 is 1. The molecule has 0 aromatic carbocycles. The quantitative estimate of drug-likeness (QED) is 0.536. The molecular weight excluding hydrogens is 222 g/mol. The van der Waals surface area contributed by atoms with Crippen molar-refractivity contribution in [2.75, 3.05) is 20.3 Å². The van der Waals surface area contributed by atoms with Gasteiger partial charge in [-0.2, -0.15) is 0 Å². The third kappa shape index (κ3) is 2.14. The standard InChI is InChI=1S/C12H17NO4/c1-3-17-11(14)9-6-8-4-5-10(9)13(7-8)12(15)16-2/h4-5,8-10H,3,6-7H2,1-2H3. The maximum Gasteiger partial charge on any atom is 0.410 e.